The van der Waals surface area contributed by atoms with Gasteiger partial charge in [0.2, 0.25) is 0 Å². The topological polar surface area (TPSA) is 80.7 Å². The Labute approximate surface area is 40.5 Å². The molecule has 4 nitrogen and oxygen atoms in total. The van der Waals surface area contributed by atoms with E-state index in [0.29, 0.717) is 11.5 Å². The van der Waals surface area contributed by atoms with Gasteiger partial charge in [-0.1, -0.05) is 0 Å². The Morgan fingerprint density at radius 2 is 2.29 bits per heavy atom. The van der Waals surface area contributed by atoms with Crippen LogP contribution >= 0.6 is 0 Å². The molecule has 0 unspecified atom stereocenters. The van der Waals surface area contributed by atoms with Gasteiger partial charge < -0.3 is 11.5 Å². The van der Waals surface area contributed by atoms with Gasteiger partial charge in [0.25, 0.3) is 0 Å². The van der Waals surface area contributed by atoms with Crippen molar-refractivity contribution in [2.75, 3.05) is 11.5 Å². The fraction of sp³-hybridized carbons (Fsp3) is 0. The van der Waals surface area contributed by atoms with Gasteiger partial charge in [0.1, 0.15) is 17.7 Å². The van der Waals surface area contributed by atoms with Gasteiger partial charge in [0, 0.05) is 0 Å². The number of hydrogen-bond acceptors (Lipinski definition) is 3. The minimum absolute atomic E-state index is 0.375. The van der Waals surface area contributed by atoms with Crippen LogP contribution < -0.4 is 11.5 Å². The number of nitrogen functional groups attached to an aromatic ring is 2. The zero-order valence-corrected chi connectivity index (χ0v) is 3.60. The fourth-order valence-electron chi connectivity index (χ4n) is 0.269. The van der Waals surface area contributed by atoms with Gasteiger partial charge in [-0.3, -0.25) is 5.10 Å². The molecule has 37 valence electrons. The lowest BCUT2D eigenvalue weighted by molar-refractivity contribution is 1.09. The molecule has 1 aromatic rings. The van der Waals surface area contributed by atoms with Crippen molar-refractivity contribution in [1.82, 2.24) is 10.2 Å². The van der Waals surface area contributed by atoms with E-state index in [2.05, 4.69) is 16.4 Å². The minimum Gasteiger partial charge on any atom is -0.394 e. The third-order valence-corrected chi connectivity index (χ3v) is 0.643. The maximum absolute atomic E-state index is 5.17. The van der Waals surface area contributed by atoms with Crippen LogP contribution in [0, 0.1) is 6.20 Å². The molecule has 0 aromatic carbocycles. The van der Waals surface area contributed by atoms with Gasteiger partial charge in [0.15, 0.2) is 0 Å². The van der Waals surface area contributed by atoms with Crippen molar-refractivity contribution in [3.8, 4) is 0 Å². The van der Waals surface area contributed by atoms with Crippen molar-refractivity contribution >= 4 is 11.5 Å². The van der Waals surface area contributed by atoms with Gasteiger partial charge in [-0.2, -0.15) is 5.10 Å². The molecule has 0 spiro atoms. The Morgan fingerprint density at radius 1 is 1.57 bits per heavy atom. The first-order valence-electron chi connectivity index (χ1n) is 1.77. The summed E-state index contributed by atoms with van der Waals surface area (Å²) in [6, 6.07) is 0. The first-order chi connectivity index (χ1) is 3.30. The zero-order chi connectivity index (χ0) is 5.28. The summed E-state index contributed by atoms with van der Waals surface area (Å²) in [7, 11) is 0. The first-order valence-corrected chi connectivity index (χ1v) is 1.77. The Balaban J connectivity index is 3.12. The molecular weight excluding hydrogens is 92.1 g/mol. The molecule has 0 aliphatic rings. The largest absolute Gasteiger partial charge is 0.394 e. The molecule has 0 saturated carbocycles. The predicted octanol–water partition coefficient (Wildman–Crippen LogP) is -0.626. The molecule has 0 aliphatic heterocycles. The number of nitrogens with two attached hydrogens (primary N) is 2. The lowest BCUT2D eigenvalue weighted by Gasteiger charge is -1.80. The van der Waals surface area contributed by atoms with Crippen LogP contribution in [0.5, 0.6) is 0 Å². The number of nitrogens with one attached hydrogen (secondary N) is 1. The molecule has 0 amide bonds. The maximum atomic E-state index is 5.17. The van der Waals surface area contributed by atoms with Crippen LogP contribution in [-0.4, -0.2) is 10.2 Å². The summed E-state index contributed by atoms with van der Waals surface area (Å²) in [6.45, 7) is 0. The fourth-order valence-corrected chi connectivity index (χ4v) is 0.269. The van der Waals surface area contributed by atoms with E-state index >= 15 is 0 Å². The maximum Gasteiger partial charge on any atom is 0.143 e. The monoisotopic (exact) mass is 97.1 g/mol. The van der Waals surface area contributed by atoms with Crippen LogP contribution in [0.4, 0.5) is 11.5 Å². The lowest BCUT2D eigenvalue weighted by Crippen LogP contribution is -1.90. The Morgan fingerprint density at radius 3 is 2.43 bits per heavy atom. The molecule has 1 aromatic heterocycles. The van der Waals surface area contributed by atoms with Crippen molar-refractivity contribution in [2.24, 2.45) is 0 Å². The number of hydrogen-bond donors (Lipinski definition) is 3. The van der Waals surface area contributed by atoms with Crippen LogP contribution in [0.3, 0.4) is 0 Å². The van der Waals surface area contributed by atoms with Crippen molar-refractivity contribution in [3.05, 3.63) is 6.20 Å². The van der Waals surface area contributed by atoms with E-state index in [1.165, 1.54) is 0 Å². The van der Waals surface area contributed by atoms with Crippen LogP contribution in [0.1, 0.15) is 0 Å². The highest BCUT2D eigenvalue weighted by atomic mass is 15.2. The van der Waals surface area contributed by atoms with Crippen molar-refractivity contribution < 1.29 is 0 Å². The molecule has 0 saturated heterocycles. The van der Waals surface area contributed by atoms with Gasteiger partial charge in [-0.15, -0.1) is 0 Å². The Hall–Kier alpha value is -1.19. The van der Waals surface area contributed by atoms with E-state index in [9.17, 15) is 0 Å². The number of nitrogens with zero attached hydrogens (tertiary/aromatic N) is 1. The van der Waals surface area contributed by atoms with E-state index < -0.39 is 0 Å². The van der Waals surface area contributed by atoms with Crippen molar-refractivity contribution in [3.63, 3.8) is 0 Å². The normalized spacial score (nSPS) is 9.14. The van der Waals surface area contributed by atoms with Crippen molar-refractivity contribution in [1.29, 1.82) is 0 Å². The van der Waals surface area contributed by atoms with E-state index in [1.54, 1.807) is 0 Å². The van der Waals surface area contributed by atoms with Crippen molar-refractivity contribution in [2.45, 2.75) is 0 Å². The molecular formula is C3H5N4. The second-order valence-electron chi connectivity index (χ2n) is 1.16. The average Bonchev–Trinajstić information content (AvgIpc) is 1.91. The predicted molar refractivity (Wildman–Crippen MR) is 26.2 cm³/mol. The van der Waals surface area contributed by atoms with E-state index in [1.807, 2.05) is 0 Å². The second-order valence-corrected chi connectivity index (χ2v) is 1.16. The highest BCUT2D eigenvalue weighted by molar-refractivity contribution is 5.54. The molecule has 0 bridgehead atoms. The molecule has 5 N–H and O–H groups in total. The second kappa shape index (κ2) is 1.14. The number of anilines is 2. The number of aromatic nitrogens is 2. The molecule has 1 rings (SSSR count). The highest BCUT2D eigenvalue weighted by Crippen LogP contribution is 2.03. The summed E-state index contributed by atoms with van der Waals surface area (Å²) < 4.78 is 0. The van der Waals surface area contributed by atoms with Crippen LogP contribution in [0.15, 0.2) is 0 Å². The summed E-state index contributed by atoms with van der Waals surface area (Å²) in [5, 5.41) is 5.84. The molecule has 4 heteroatoms. The number of H-pyrrole nitrogens is 1. The highest BCUT2D eigenvalue weighted by Gasteiger charge is 1.90. The Kier molecular flexibility index (Phi) is 0.651. The summed E-state index contributed by atoms with van der Waals surface area (Å²) in [4.78, 5) is 0. The third kappa shape index (κ3) is 0.489. The van der Waals surface area contributed by atoms with Gasteiger partial charge >= 0.3 is 0 Å². The van der Waals surface area contributed by atoms with Gasteiger partial charge in [-0.05, 0) is 0 Å². The molecule has 0 atom stereocenters. The molecule has 0 aliphatic carbocycles. The summed E-state index contributed by atoms with van der Waals surface area (Å²) >= 11 is 0. The third-order valence-electron chi connectivity index (χ3n) is 0.643. The number of aromatic amines is 1. The van der Waals surface area contributed by atoms with Gasteiger partial charge in [-0.25, -0.2) is 0 Å². The first kappa shape index (κ1) is 3.98. The zero-order valence-electron chi connectivity index (χ0n) is 3.60. The van der Waals surface area contributed by atoms with Crippen LogP contribution in [0.2, 0.25) is 0 Å². The SMILES string of the molecule is Nc1[c]n[nH]c1N. The Bertz CT molecular complexity index is 139. The summed E-state index contributed by atoms with van der Waals surface area (Å²) in [6.07, 6.45) is 2.42. The van der Waals surface area contributed by atoms with Crippen LogP contribution in [-0.2, 0) is 0 Å². The molecule has 1 radical (unpaired) electrons. The number of rotatable bonds is 0. The minimum atomic E-state index is 0.375. The van der Waals surface area contributed by atoms with Gasteiger partial charge in [0.05, 0.1) is 0 Å². The van der Waals surface area contributed by atoms with E-state index in [-0.39, 0.29) is 0 Å². The van der Waals surface area contributed by atoms with E-state index in [0.717, 1.165) is 0 Å². The summed E-state index contributed by atoms with van der Waals surface area (Å²) in [5.41, 5.74) is 10.7. The standard InChI is InChI=1S/C3H5N4/c4-2-1-6-7-3(2)5/h4H2,(H3,5,6,7). The average molecular weight is 97.1 g/mol. The molecule has 1 heterocycles. The van der Waals surface area contributed by atoms with E-state index in [4.69, 9.17) is 11.5 Å². The molecule has 0 fully saturated rings. The smallest absolute Gasteiger partial charge is 0.143 e. The quantitative estimate of drug-likeness (QED) is 0.403. The lowest BCUT2D eigenvalue weighted by atomic mass is 10.6. The van der Waals surface area contributed by atoms with Crippen LogP contribution in [0.25, 0.3) is 0 Å². The summed E-state index contributed by atoms with van der Waals surface area (Å²) in [5.74, 6) is 0.375. The molecule has 7 heavy (non-hydrogen) atoms.